The summed E-state index contributed by atoms with van der Waals surface area (Å²) in [5.41, 5.74) is 1.41. The number of aryl methyl sites for hydroxylation is 1. The third-order valence-corrected chi connectivity index (χ3v) is 9.38. The number of benzene rings is 2. The van der Waals surface area contributed by atoms with E-state index in [0.717, 1.165) is 30.9 Å². The average molecular weight is 557 g/mol. The maximum atomic E-state index is 14.0. The normalized spacial score (nSPS) is 17.7. The smallest absolute Gasteiger partial charge is 0.248 e. The van der Waals surface area contributed by atoms with Gasteiger partial charge in [0, 0.05) is 62.5 Å². The summed E-state index contributed by atoms with van der Waals surface area (Å²) in [6, 6.07) is 13.2. The summed E-state index contributed by atoms with van der Waals surface area (Å²) in [7, 11) is -3.97. The van der Waals surface area contributed by atoms with Gasteiger partial charge in [-0.15, -0.1) is 0 Å². The number of hydrogen-bond donors (Lipinski definition) is 0. The fraction of sp³-hybridized carbons (Fsp3) is 0.357. The number of anilines is 1. The zero-order chi connectivity index (χ0) is 27.6. The molecule has 0 unspecified atom stereocenters. The largest absolute Gasteiger partial charge is 0.368 e. The van der Waals surface area contributed by atoms with Crippen LogP contribution < -0.4 is 4.90 Å². The fourth-order valence-corrected chi connectivity index (χ4v) is 6.87. The van der Waals surface area contributed by atoms with Gasteiger partial charge in [0.15, 0.2) is 10.7 Å². The number of carbonyl (C=O) groups is 1. The molecule has 2 aromatic carbocycles. The molecule has 0 radical (unpaired) electrons. The van der Waals surface area contributed by atoms with E-state index < -0.39 is 21.7 Å². The first-order valence-electron chi connectivity index (χ1n) is 12.9. The second kappa shape index (κ2) is 11.3. The first-order valence-corrected chi connectivity index (χ1v) is 14.4. The van der Waals surface area contributed by atoms with Gasteiger partial charge in [0.05, 0.1) is 0 Å². The number of sulfonamides is 1. The predicted octanol–water partition coefficient (Wildman–Crippen LogP) is 4.18. The summed E-state index contributed by atoms with van der Waals surface area (Å²) in [6.45, 7) is 4.71. The van der Waals surface area contributed by atoms with Gasteiger partial charge >= 0.3 is 0 Å². The number of para-hydroxylation sites is 1. The lowest BCUT2D eigenvalue weighted by atomic mass is 9.96. The van der Waals surface area contributed by atoms with Crippen LogP contribution in [0.2, 0.25) is 0 Å². The second-order valence-electron chi connectivity index (χ2n) is 9.79. The molecule has 2 aliphatic heterocycles. The molecule has 3 aromatic rings. The Morgan fingerprint density at radius 1 is 0.974 bits per heavy atom. The van der Waals surface area contributed by atoms with E-state index in [0.29, 0.717) is 25.9 Å². The van der Waals surface area contributed by atoms with E-state index in [1.165, 1.54) is 29.4 Å². The van der Waals surface area contributed by atoms with Crippen LogP contribution >= 0.6 is 0 Å². The van der Waals surface area contributed by atoms with Crippen LogP contribution in [0.25, 0.3) is 12.2 Å². The van der Waals surface area contributed by atoms with Crippen molar-refractivity contribution in [2.45, 2.75) is 24.7 Å². The minimum Gasteiger partial charge on any atom is -0.368 e. The summed E-state index contributed by atoms with van der Waals surface area (Å²) < 4.78 is 60.9. The summed E-state index contributed by atoms with van der Waals surface area (Å²) in [5.74, 6) is -1.68. The molecule has 0 bridgehead atoms. The van der Waals surface area contributed by atoms with E-state index in [-0.39, 0.29) is 46.8 Å². The van der Waals surface area contributed by atoms with Gasteiger partial charge in [-0.3, -0.25) is 4.79 Å². The van der Waals surface area contributed by atoms with Crippen molar-refractivity contribution in [2.24, 2.45) is 5.92 Å². The van der Waals surface area contributed by atoms with Crippen LogP contribution in [0.4, 0.5) is 14.5 Å². The molecule has 0 N–H and O–H groups in total. The van der Waals surface area contributed by atoms with Gasteiger partial charge in [-0.25, -0.2) is 17.2 Å². The molecule has 3 heterocycles. The highest BCUT2D eigenvalue weighted by Gasteiger charge is 2.37. The molecule has 2 saturated heterocycles. The monoisotopic (exact) mass is 556 g/mol. The second-order valence-corrected chi connectivity index (χ2v) is 11.7. The van der Waals surface area contributed by atoms with Crippen molar-refractivity contribution >= 4 is 33.8 Å². The summed E-state index contributed by atoms with van der Waals surface area (Å²) in [4.78, 5) is 17.3. The van der Waals surface area contributed by atoms with Gasteiger partial charge in [0.1, 0.15) is 17.3 Å². The molecule has 0 aliphatic carbocycles. The number of rotatable bonds is 6. The standard InChI is InChI=1S/C28H30F2N4O4S/c1-20-27(26(38-31-20)10-8-21-7-9-23(29)19-25(21)30)39(36,37)34-13-11-22(12-14-34)28(35)33-17-15-32(16-18-33)24-5-3-2-4-6-24/h2-10,19,22H,11-18H2,1H3. The fourth-order valence-electron chi connectivity index (χ4n) is 5.16. The van der Waals surface area contributed by atoms with Gasteiger partial charge < -0.3 is 14.3 Å². The Labute approximate surface area is 226 Å². The number of carbonyl (C=O) groups excluding carboxylic acids is 1. The highest BCUT2D eigenvalue weighted by molar-refractivity contribution is 7.89. The average Bonchev–Trinajstić information content (AvgIpc) is 3.33. The first-order chi connectivity index (χ1) is 18.7. The van der Waals surface area contributed by atoms with Crippen molar-refractivity contribution in [3.8, 4) is 0 Å². The van der Waals surface area contributed by atoms with Crippen molar-refractivity contribution in [2.75, 3.05) is 44.2 Å². The highest BCUT2D eigenvalue weighted by Crippen LogP contribution is 2.30. The molecule has 0 spiro atoms. The lowest BCUT2D eigenvalue weighted by Gasteiger charge is -2.39. The van der Waals surface area contributed by atoms with Gasteiger partial charge in [-0.05, 0) is 56.2 Å². The number of piperazine rings is 1. The van der Waals surface area contributed by atoms with Crippen LogP contribution in [-0.4, -0.2) is 68.0 Å². The lowest BCUT2D eigenvalue weighted by Crippen LogP contribution is -2.52. The SMILES string of the molecule is Cc1noc(C=Cc2ccc(F)cc2F)c1S(=O)(=O)N1CCC(C(=O)N2CCN(c3ccccc3)CC2)CC1. The summed E-state index contributed by atoms with van der Waals surface area (Å²) in [5, 5.41) is 3.81. The molecule has 11 heteroatoms. The lowest BCUT2D eigenvalue weighted by molar-refractivity contribution is -0.137. The molecular formula is C28H30F2N4O4S. The highest BCUT2D eigenvalue weighted by atomic mass is 32.2. The Bertz CT molecular complexity index is 1460. The van der Waals surface area contributed by atoms with Crippen LogP contribution in [0.3, 0.4) is 0 Å². The molecule has 0 saturated carbocycles. The molecule has 39 heavy (non-hydrogen) atoms. The summed E-state index contributed by atoms with van der Waals surface area (Å²) >= 11 is 0. The molecule has 8 nitrogen and oxygen atoms in total. The number of amides is 1. The van der Waals surface area contributed by atoms with Crippen LogP contribution in [0.15, 0.2) is 57.9 Å². The molecule has 206 valence electrons. The van der Waals surface area contributed by atoms with Crippen LogP contribution in [0, 0.1) is 24.5 Å². The third-order valence-electron chi connectivity index (χ3n) is 7.32. The summed E-state index contributed by atoms with van der Waals surface area (Å²) in [6.07, 6.45) is 3.48. The van der Waals surface area contributed by atoms with Gasteiger partial charge in [0.25, 0.3) is 0 Å². The quantitative estimate of drug-likeness (QED) is 0.453. The van der Waals surface area contributed by atoms with Crippen molar-refractivity contribution in [3.05, 3.63) is 77.2 Å². The number of hydrogen-bond acceptors (Lipinski definition) is 6. The molecule has 1 amide bonds. The van der Waals surface area contributed by atoms with Gasteiger partial charge in [-0.2, -0.15) is 4.31 Å². The minimum atomic E-state index is -3.97. The van der Waals surface area contributed by atoms with Gasteiger partial charge in [0.2, 0.25) is 15.9 Å². The molecule has 2 fully saturated rings. The Morgan fingerprint density at radius 2 is 1.67 bits per heavy atom. The Kier molecular flexibility index (Phi) is 7.81. The molecule has 2 aliphatic rings. The molecular weight excluding hydrogens is 526 g/mol. The van der Waals surface area contributed by atoms with E-state index >= 15 is 0 Å². The van der Waals surface area contributed by atoms with Crippen LogP contribution in [0.5, 0.6) is 0 Å². The number of piperidine rings is 1. The minimum absolute atomic E-state index is 0.0364. The molecule has 1 aromatic heterocycles. The van der Waals surface area contributed by atoms with E-state index in [2.05, 4.69) is 22.2 Å². The molecule has 0 atom stereocenters. The van der Waals surface area contributed by atoms with Crippen molar-refractivity contribution in [1.82, 2.24) is 14.4 Å². The Balaban J connectivity index is 1.21. The Morgan fingerprint density at radius 3 is 2.33 bits per heavy atom. The van der Waals surface area contributed by atoms with E-state index in [1.54, 1.807) is 0 Å². The van der Waals surface area contributed by atoms with Crippen LogP contribution in [-0.2, 0) is 14.8 Å². The number of aromatic nitrogens is 1. The topological polar surface area (TPSA) is 87.0 Å². The zero-order valence-electron chi connectivity index (χ0n) is 21.6. The third kappa shape index (κ3) is 5.74. The van der Waals surface area contributed by atoms with Crippen LogP contribution in [0.1, 0.15) is 29.9 Å². The first kappa shape index (κ1) is 27.0. The van der Waals surface area contributed by atoms with E-state index in [1.807, 2.05) is 23.1 Å². The van der Waals surface area contributed by atoms with Crippen molar-refractivity contribution in [3.63, 3.8) is 0 Å². The van der Waals surface area contributed by atoms with Gasteiger partial charge in [-0.1, -0.05) is 23.4 Å². The zero-order valence-corrected chi connectivity index (χ0v) is 22.4. The predicted molar refractivity (Wildman–Crippen MR) is 143 cm³/mol. The maximum absolute atomic E-state index is 14.0. The number of nitrogens with zero attached hydrogens (tertiary/aromatic N) is 4. The van der Waals surface area contributed by atoms with E-state index in [9.17, 15) is 22.0 Å². The van der Waals surface area contributed by atoms with Crippen molar-refractivity contribution in [1.29, 1.82) is 0 Å². The van der Waals surface area contributed by atoms with E-state index in [4.69, 9.17) is 4.52 Å². The Hall–Kier alpha value is -3.57. The maximum Gasteiger partial charge on any atom is 0.248 e. The number of halogens is 2. The van der Waals surface area contributed by atoms with Crippen molar-refractivity contribution < 1.29 is 26.5 Å². The molecule has 5 rings (SSSR count).